The fourth-order valence-electron chi connectivity index (χ4n) is 4.44. The Morgan fingerprint density at radius 2 is 2.14 bits per heavy atom. The molecule has 2 aromatic heterocycles. The summed E-state index contributed by atoms with van der Waals surface area (Å²) in [5.41, 5.74) is 8.21. The number of amides is 1. The molecule has 0 aliphatic heterocycles. The van der Waals surface area contributed by atoms with E-state index in [1.807, 2.05) is 6.07 Å². The fourth-order valence-corrected chi connectivity index (χ4v) is 4.64. The van der Waals surface area contributed by atoms with E-state index in [-0.39, 0.29) is 35.5 Å². The fraction of sp³-hybridized carbons (Fsp3) is 0.250. The maximum absolute atomic E-state index is 12.0. The molecule has 5 rings (SSSR count). The predicted octanol–water partition coefficient (Wildman–Crippen LogP) is 3.07. The van der Waals surface area contributed by atoms with Crippen LogP contribution in [-0.2, 0) is 4.79 Å². The molecule has 28 heavy (non-hydrogen) atoms. The quantitative estimate of drug-likeness (QED) is 0.506. The van der Waals surface area contributed by atoms with E-state index < -0.39 is 0 Å². The normalized spacial score (nSPS) is 25.5. The van der Waals surface area contributed by atoms with Crippen molar-refractivity contribution >= 4 is 34.4 Å². The topological polar surface area (TPSA) is 117 Å². The lowest BCUT2D eigenvalue weighted by molar-refractivity contribution is -0.122. The molecule has 0 saturated heterocycles. The number of aromatic amines is 1. The number of aromatic nitrogens is 3. The van der Waals surface area contributed by atoms with Gasteiger partial charge in [-0.25, -0.2) is 9.97 Å². The van der Waals surface area contributed by atoms with E-state index in [9.17, 15) is 9.90 Å². The average Bonchev–Trinajstić information content (AvgIpc) is 3.38. The van der Waals surface area contributed by atoms with Crippen LogP contribution in [0.25, 0.3) is 22.6 Å². The van der Waals surface area contributed by atoms with Gasteiger partial charge in [0.05, 0.1) is 22.8 Å². The largest absolute Gasteiger partial charge is 0.508 e. The van der Waals surface area contributed by atoms with Crippen LogP contribution in [0.3, 0.4) is 0 Å². The third-order valence-electron chi connectivity index (χ3n) is 5.69. The molecule has 1 amide bonds. The van der Waals surface area contributed by atoms with Gasteiger partial charge in [0.2, 0.25) is 5.91 Å². The Balaban J connectivity index is 1.57. The van der Waals surface area contributed by atoms with Crippen LogP contribution in [-0.4, -0.2) is 32.0 Å². The molecule has 4 atom stereocenters. The zero-order valence-electron chi connectivity index (χ0n) is 14.8. The van der Waals surface area contributed by atoms with Gasteiger partial charge in [-0.2, -0.15) is 0 Å². The Kier molecular flexibility index (Phi) is 3.80. The first-order chi connectivity index (χ1) is 13.5. The lowest BCUT2D eigenvalue weighted by Gasteiger charge is -2.28. The molecular weight excluding hydrogens is 378 g/mol. The number of carbonyl (C=O) groups excluding carboxylic acids is 1. The van der Waals surface area contributed by atoms with E-state index in [0.717, 1.165) is 12.0 Å². The van der Waals surface area contributed by atoms with Gasteiger partial charge in [-0.05, 0) is 30.4 Å². The molecule has 0 radical (unpaired) electrons. The van der Waals surface area contributed by atoms with Crippen LogP contribution in [0.5, 0.6) is 5.75 Å². The third kappa shape index (κ3) is 2.62. The van der Waals surface area contributed by atoms with Crippen molar-refractivity contribution in [2.45, 2.75) is 12.5 Å². The molecule has 2 aliphatic carbocycles. The molecule has 2 heterocycles. The number of aromatic hydroxyl groups is 1. The van der Waals surface area contributed by atoms with Crippen LogP contribution in [0.1, 0.15) is 6.42 Å². The highest BCUT2D eigenvalue weighted by atomic mass is 35.5. The smallest absolute Gasteiger partial charge is 0.223 e. The monoisotopic (exact) mass is 395 g/mol. The van der Waals surface area contributed by atoms with Gasteiger partial charge >= 0.3 is 0 Å². The van der Waals surface area contributed by atoms with Gasteiger partial charge in [0, 0.05) is 11.6 Å². The molecule has 1 saturated carbocycles. The van der Waals surface area contributed by atoms with Crippen LogP contribution < -0.4 is 11.1 Å². The van der Waals surface area contributed by atoms with Gasteiger partial charge in [0.25, 0.3) is 0 Å². The number of primary amides is 1. The van der Waals surface area contributed by atoms with Gasteiger partial charge in [-0.1, -0.05) is 35.9 Å². The van der Waals surface area contributed by atoms with Gasteiger partial charge in [-0.3, -0.25) is 4.79 Å². The second kappa shape index (κ2) is 6.24. The summed E-state index contributed by atoms with van der Waals surface area (Å²) in [7, 11) is 0. The van der Waals surface area contributed by atoms with Crippen molar-refractivity contribution in [2.24, 2.45) is 23.5 Å². The Morgan fingerprint density at radius 1 is 1.32 bits per heavy atom. The number of rotatable bonds is 4. The van der Waals surface area contributed by atoms with Gasteiger partial charge in [0.15, 0.2) is 5.65 Å². The van der Waals surface area contributed by atoms with Gasteiger partial charge in [0.1, 0.15) is 17.1 Å². The Hall–Kier alpha value is -3.06. The number of imidazole rings is 1. The lowest BCUT2D eigenvalue weighted by Crippen LogP contribution is -2.41. The summed E-state index contributed by atoms with van der Waals surface area (Å²) in [5, 5.41) is 13.6. The van der Waals surface area contributed by atoms with E-state index in [1.54, 1.807) is 24.4 Å². The van der Waals surface area contributed by atoms with E-state index in [4.69, 9.17) is 17.3 Å². The first-order valence-corrected chi connectivity index (χ1v) is 9.47. The highest BCUT2D eigenvalue weighted by Crippen LogP contribution is 2.46. The van der Waals surface area contributed by atoms with Crippen LogP contribution >= 0.6 is 11.6 Å². The number of hydrogen-bond donors (Lipinski definition) is 4. The molecule has 0 spiro atoms. The van der Waals surface area contributed by atoms with Crippen molar-refractivity contribution in [1.29, 1.82) is 0 Å². The molecule has 1 fully saturated rings. The Labute approximate surface area is 165 Å². The summed E-state index contributed by atoms with van der Waals surface area (Å²) in [6.45, 7) is 0. The molecule has 7 nitrogen and oxygen atoms in total. The SMILES string of the molecule is NC(=O)[C@@H]1C(Nc2c(Cl)cnc3nc(-c4cccc(O)c4)[nH]c23)[C@H]2C=C[C@@H]1C2. The van der Waals surface area contributed by atoms with Crippen molar-refractivity contribution < 1.29 is 9.90 Å². The summed E-state index contributed by atoms with van der Waals surface area (Å²) in [4.78, 5) is 24.1. The molecule has 2 aliphatic rings. The van der Waals surface area contributed by atoms with E-state index in [2.05, 4.69) is 32.4 Å². The van der Waals surface area contributed by atoms with Crippen molar-refractivity contribution in [1.82, 2.24) is 15.0 Å². The maximum atomic E-state index is 12.0. The van der Waals surface area contributed by atoms with E-state index in [1.165, 1.54) is 0 Å². The predicted molar refractivity (Wildman–Crippen MR) is 107 cm³/mol. The summed E-state index contributed by atoms with van der Waals surface area (Å²) in [5.74, 6) is 0.544. The number of benzene rings is 1. The van der Waals surface area contributed by atoms with Crippen molar-refractivity contribution in [3.05, 3.63) is 47.6 Å². The number of nitrogens with zero attached hydrogens (tertiary/aromatic N) is 2. The van der Waals surface area contributed by atoms with Gasteiger partial charge in [-0.15, -0.1) is 0 Å². The number of phenols is 1. The Morgan fingerprint density at radius 3 is 2.93 bits per heavy atom. The Bertz CT molecular complexity index is 1120. The standard InChI is InChI=1S/C20H18ClN5O2/c21-13-8-23-20-17(25-19(26-20)11-2-1-3-12(27)7-11)16(13)24-15-10-5-4-9(6-10)14(15)18(22)28/h1-5,7-10,14-15,27H,6H2,(H2,22,28)(H2,23,24,25,26)/t9-,10+,14+,15?/m1/s1. The van der Waals surface area contributed by atoms with Crippen LogP contribution in [0.4, 0.5) is 5.69 Å². The first-order valence-electron chi connectivity index (χ1n) is 9.09. The van der Waals surface area contributed by atoms with Crippen molar-refractivity contribution in [3.63, 3.8) is 0 Å². The number of hydrogen-bond acceptors (Lipinski definition) is 5. The summed E-state index contributed by atoms with van der Waals surface area (Å²) in [6.07, 6.45) is 6.67. The van der Waals surface area contributed by atoms with Crippen molar-refractivity contribution in [2.75, 3.05) is 5.32 Å². The maximum Gasteiger partial charge on any atom is 0.223 e. The molecule has 142 valence electrons. The van der Waals surface area contributed by atoms with Gasteiger partial charge < -0.3 is 21.1 Å². The number of nitrogens with one attached hydrogen (secondary N) is 2. The minimum Gasteiger partial charge on any atom is -0.508 e. The number of fused-ring (bicyclic) bond motifs is 3. The molecule has 3 aromatic rings. The summed E-state index contributed by atoms with van der Waals surface area (Å²) < 4.78 is 0. The highest BCUT2D eigenvalue weighted by molar-refractivity contribution is 6.34. The zero-order chi connectivity index (χ0) is 19.4. The molecule has 5 N–H and O–H groups in total. The number of pyridine rings is 1. The number of anilines is 1. The zero-order valence-corrected chi connectivity index (χ0v) is 15.5. The average molecular weight is 396 g/mol. The lowest BCUT2D eigenvalue weighted by atomic mass is 9.88. The molecular formula is C20H18ClN5O2. The number of allylic oxidation sites excluding steroid dienone is 1. The van der Waals surface area contributed by atoms with Crippen LogP contribution in [0.2, 0.25) is 5.02 Å². The number of H-pyrrole nitrogens is 1. The second-order valence-corrected chi connectivity index (χ2v) is 7.77. The molecule has 8 heteroatoms. The number of carbonyl (C=O) groups is 1. The molecule has 1 unspecified atom stereocenters. The first kappa shape index (κ1) is 17.1. The molecule has 1 aromatic carbocycles. The summed E-state index contributed by atoms with van der Waals surface area (Å²) in [6, 6.07) is 6.69. The second-order valence-electron chi connectivity index (χ2n) is 7.36. The number of nitrogens with two attached hydrogens (primary N) is 1. The van der Waals surface area contributed by atoms with E-state index >= 15 is 0 Å². The van der Waals surface area contributed by atoms with E-state index in [0.29, 0.717) is 27.7 Å². The molecule has 2 bridgehead atoms. The van der Waals surface area contributed by atoms with Crippen LogP contribution in [0, 0.1) is 17.8 Å². The van der Waals surface area contributed by atoms with Crippen molar-refractivity contribution in [3.8, 4) is 17.1 Å². The third-order valence-corrected chi connectivity index (χ3v) is 5.98. The number of phenolic OH excluding ortho intramolecular Hbond substituents is 1. The summed E-state index contributed by atoms with van der Waals surface area (Å²) >= 11 is 6.44. The van der Waals surface area contributed by atoms with Crippen LogP contribution in [0.15, 0.2) is 42.6 Å². The minimum absolute atomic E-state index is 0.122. The minimum atomic E-state index is -0.305. The highest BCUT2D eigenvalue weighted by Gasteiger charge is 2.47. The number of halogens is 1.